The molecule has 0 aliphatic carbocycles. The molecule has 1 fully saturated rings. The highest BCUT2D eigenvalue weighted by molar-refractivity contribution is 14.1. The minimum Gasteiger partial charge on any atom is -0.507 e. The second kappa shape index (κ2) is 7.11. The Hall–Kier alpha value is -1.97. The van der Waals surface area contributed by atoms with E-state index in [9.17, 15) is 14.7 Å². The van der Waals surface area contributed by atoms with E-state index in [1.165, 1.54) is 17.0 Å². The highest BCUT2D eigenvalue weighted by atomic mass is 127. The van der Waals surface area contributed by atoms with Crippen LogP contribution in [0.3, 0.4) is 0 Å². The van der Waals surface area contributed by atoms with Gasteiger partial charge in [-0.1, -0.05) is 17.7 Å². The van der Waals surface area contributed by atoms with Gasteiger partial charge in [0.05, 0.1) is 9.26 Å². The topological polar surface area (TPSA) is 69.6 Å². The molecule has 25 heavy (non-hydrogen) atoms. The summed E-state index contributed by atoms with van der Waals surface area (Å²) < 4.78 is 0.670. The average molecular weight is 485 g/mol. The first kappa shape index (κ1) is 17.8. The van der Waals surface area contributed by atoms with E-state index in [1.807, 2.05) is 22.6 Å². The first-order chi connectivity index (χ1) is 11.9. The smallest absolute Gasteiger partial charge is 0.270 e. The molecule has 1 heterocycles. The Bertz CT molecular complexity index is 928. The molecule has 2 N–H and O–H groups in total. The number of thiocarbonyl (C=S) groups is 1. The standard InChI is InChI=1S/C17H10ClIN2O3S/c18-10-2-4-11(5-3-10)21-16(24)12(15(23)20-17(21)25)7-9-1-6-13(19)14(22)8-9/h1-8,22H,(H,20,23,25). The van der Waals surface area contributed by atoms with Crippen LogP contribution >= 0.6 is 46.4 Å². The van der Waals surface area contributed by atoms with Crippen LogP contribution in [0.1, 0.15) is 5.56 Å². The molecule has 0 spiro atoms. The van der Waals surface area contributed by atoms with Gasteiger partial charge in [-0.05, 0) is 82.8 Å². The monoisotopic (exact) mass is 484 g/mol. The number of hydrogen-bond donors (Lipinski definition) is 2. The van der Waals surface area contributed by atoms with Gasteiger partial charge in [-0.25, -0.2) is 0 Å². The fourth-order valence-corrected chi connectivity index (χ4v) is 3.01. The number of phenols is 1. The van der Waals surface area contributed by atoms with Gasteiger partial charge in [0.1, 0.15) is 11.3 Å². The number of nitrogens with one attached hydrogen (secondary N) is 1. The summed E-state index contributed by atoms with van der Waals surface area (Å²) in [6.07, 6.45) is 1.41. The predicted molar refractivity (Wildman–Crippen MR) is 108 cm³/mol. The Morgan fingerprint density at radius 3 is 2.48 bits per heavy atom. The van der Waals surface area contributed by atoms with Crippen molar-refractivity contribution >= 4 is 75.1 Å². The lowest BCUT2D eigenvalue weighted by molar-refractivity contribution is -0.122. The number of hydrogen-bond acceptors (Lipinski definition) is 4. The van der Waals surface area contributed by atoms with Crippen LogP contribution in [0.5, 0.6) is 5.75 Å². The Morgan fingerprint density at radius 2 is 1.84 bits per heavy atom. The summed E-state index contributed by atoms with van der Waals surface area (Å²) in [6, 6.07) is 11.4. The first-order valence-electron chi connectivity index (χ1n) is 7.02. The van der Waals surface area contributed by atoms with Crippen LogP contribution in [-0.4, -0.2) is 22.0 Å². The van der Waals surface area contributed by atoms with Gasteiger partial charge in [-0.2, -0.15) is 0 Å². The lowest BCUT2D eigenvalue weighted by atomic mass is 10.1. The number of carbonyl (C=O) groups is 2. The highest BCUT2D eigenvalue weighted by Crippen LogP contribution is 2.25. The van der Waals surface area contributed by atoms with Gasteiger partial charge >= 0.3 is 0 Å². The molecule has 8 heteroatoms. The second-order valence-corrected chi connectivity index (χ2v) is 7.13. The third-order valence-corrected chi connectivity index (χ3v) is 4.92. The molecule has 0 unspecified atom stereocenters. The van der Waals surface area contributed by atoms with Gasteiger partial charge in [0.2, 0.25) is 0 Å². The molecule has 2 amide bonds. The number of carbonyl (C=O) groups excluding carboxylic acids is 2. The molecular formula is C17H10ClIN2O3S. The molecular weight excluding hydrogens is 475 g/mol. The van der Waals surface area contributed by atoms with Crippen molar-refractivity contribution in [2.75, 3.05) is 4.90 Å². The lowest BCUT2D eigenvalue weighted by Crippen LogP contribution is -2.54. The van der Waals surface area contributed by atoms with Crippen molar-refractivity contribution in [3.63, 3.8) is 0 Å². The summed E-state index contributed by atoms with van der Waals surface area (Å²) in [6.45, 7) is 0. The minimum absolute atomic E-state index is 0.0000650. The van der Waals surface area contributed by atoms with Gasteiger partial charge in [0.25, 0.3) is 11.8 Å². The van der Waals surface area contributed by atoms with Crippen LogP contribution in [0.25, 0.3) is 6.08 Å². The van der Waals surface area contributed by atoms with E-state index in [0.29, 0.717) is 19.8 Å². The van der Waals surface area contributed by atoms with Gasteiger partial charge in [0.15, 0.2) is 5.11 Å². The normalized spacial score (nSPS) is 16.3. The maximum absolute atomic E-state index is 12.8. The third kappa shape index (κ3) is 3.68. The van der Waals surface area contributed by atoms with E-state index in [0.717, 1.165) is 0 Å². The Morgan fingerprint density at radius 1 is 1.16 bits per heavy atom. The zero-order valence-electron chi connectivity index (χ0n) is 12.5. The number of amides is 2. The molecule has 1 aliphatic rings. The van der Waals surface area contributed by atoms with E-state index in [2.05, 4.69) is 5.32 Å². The number of phenolic OH excluding ortho intramolecular Hbond substituents is 1. The number of aromatic hydroxyl groups is 1. The van der Waals surface area contributed by atoms with Gasteiger partial charge < -0.3 is 5.11 Å². The molecule has 2 aromatic carbocycles. The van der Waals surface area contributed by atoms with E-state index in [4.69, 9.17) is 23.8 Å². The molecule has 126 valence electrons. The fraction of sp³-hybridized carbons (Fsp3) is 0. The van der Waals surface area contributed by atoms with Crippen LogP contribution < -0.4 is 10.2 Å². The second-order valence-electron chi connectivity index (χ2n) is 5.15. The zero-order valence-corrected chi connectivity index (χ0v) is 16.2. The lowest BCUT2D eigenvalue weighted by Gasteiger charge is -2.28. The maximum Gasteiger partial charge on any atom is 0.270 e. The van der Waals surface area contributed by atoms with Crippen LogP contribution in [0.15, 0.2) is 48.0 Å². The summed E-state index contributed by atoms with van der Waals surface area (Å²) >= 11 is 13.0. The summed E-state index contributed by atoms with van der Waals surface area (Å²) in [4.78, 5) is 26.2. The molecule has 0 bridgehead atoms. The Balaban J connectivity index is 2.01. The molecule has 5 nitrogen and oxygen atoms in total. The summed E-state index contributed by atoms with van der Waals surface area (Å²) in [7, 11) is 0. The largest absolute Gasteiger partial charge is 0.507 e. The summed E-state index contributed by atoms with van der Waals surface area (Å²) in [5.41, 5.74) is 0.945. The number of nitrogens with zero attached hydrogens (tertiary/aromatic N) is 1. The van der Waals surface area contributed by atoms with Crippen molar-refractivity contribution < 1.29 is 14.7 Å². The zero-order chi connectivity index (χ0) is 18.1. The van der Waals surface area contributed by atoms with E-state index in [1.54, 1.807) is 36.4 Å². The van der Waals surface area contributed by atoms with Crippen molar-refractivity contribution in [1.82, 2.24) is 5.32 Å². The number of rotatable bonds is 2. The highest BCUT2D eigenvalue weighted by Gasteiger charge is 2.34. The van der Waals surface area contributed by atoms with Crippen molar-refractivity contribution in [1.29, 1.82) is 0 Å². The van der Waals surface area contributed by atoms with Gasteiger partial charge in [-0.3, -0.25) is 19.8 Å². The van der Waals surface area contributed by atoms with Crippen molar-refractivity contribution in [2.45, 2.75) is 0 Å². The first-order valence-corrected chi connectivity index (χ1v) is 8.89. The Kier molecular flexibility index (Phi) is 5.07. The van der Waals surface area contributed by atoms with E-state index in [-0.39, 0.29) is 16.4 Å². The summed E-state index contributed by atoms with van der Waals surface area (Å²) in [5, 5.41) is 12.8. The van der Waals surface area contributed by atoms with Crippen LogP contribution in [0.4, 0.5) is 5.69 Å². The van der Waals surface area contributed by atoms with Gasteiger partial charge in [-0.15, -0.1) is 0 Å². The van der Waals surface area contributed by atoms with Crippen molar-refractivity contribution in [3.05, 3.63) is 62.2 Å². The predicted octanol–water partition coefficient (Wildman–Crippen LogP) is 3.48. The number of halogens is 2. The molecule has 0 saturated carbocycles. The van der Waals surface area contributed by atoms with Gasteiger partial charge in [0, 0.05) is 5.02 Å². The fourth-order valence-electron chi connectivity index (χ4n) is 2.27. The molecule has 0 radical (unpaired) electrons. The Labute approximate surface area is 167 Å². The van der Waals surface area contributed by atoms with Crippen LogP contribution in [0, 0.1) is 3.57 Å². The maximum atomic E-state index is 12.8. The van der Waals surface area contributed by atoms with E-state index >= 15 is 0 Å². The average Bonchev–Trinajstić information content (AvgIpc) is 2.56. The summed E-state index contributed by atoms with van der Waals surface area (Å²) in [5.74, 6) is -1.06. The molecule has 2 aromatic rings. The molecule has 0 atom stereocenters. The van der Waals surface area contributed by atoms with Crippen LogP contribution in [0.2, 0.25) is 5.02 Å². The van der Waals surface area contributed by atoms with Crippen molar-refractivity contribution in [2.24, 2.45) is 0 Å². The molecule has 3 rings (SSSR count). The number of anilines is 1. The van der Waals surface area contributed by atoms with Crippen molar-refractivity contribution in [3.8, 4) is 5.75 Å². The molecule has 1 saturated heterocycles. The molecule has 1 aliphatic heterocycles. The third-order valence-electron chi connectivity index (χ3n) is 3.47. The minimum atomic E-state index is -0.585. The number of benzene rings is 2. The quantitative estimate of drug-likeness (QED) is 0.296. The SMILES string of the molecule is O=C1NC(=S)N(c2ccc(Cl)cc2)C(=O)C1=Cc1ccc(I)c(O)c1. The molecule has 0 aromatic heterocycles. The van der Waals surface area contributed by atoms with E-state index < -0.39 is 11.8 Å². The van der Waals surface area contributed by atoms with Crippen LogP contribution in [-0.2, 0) is 9.59 Å².